The average molecular weight is 734 g/mol. The van der Waals surface area contributed by atoms with Crippen LogP contribution in [0.2, 0.25) is 5.02 Å². The van der Waals surface area contributed by atoms with Crippen LogP contribution in [-0.2, 0) is 22.2 Å². The van der Waals surface area contributed by atoms with Gasteiger partial charge in [0.15, 0.2) is 0 Å². The molecule has 6 rings (SSSR count). The molecule has 3 aromatic carbocycles. The minimum atomic E-state index is -4.99. The molecular weight excluding hydrogens is 704 g/mol. The van der Waals surface area contributed by atoms with Gasteiger partial charge < -0.3 is 15.2 Å². The van der Waals surface area contributed by atoms with Gasteiger partial charge in [0.25, 0.3) is 5.56 Å². The SMILES string of the molecule is Cc1cc2cc(c1F)[C@H](CC(=O)O)NC(=O)[C@H](n1cc(CCN3CC(F)C3)c(C(F)(F)F)cc1=O)c1cc(ccc1F)Oc1cc(Cl)cc(C)c1-2. The van der Waals surface area contributed by atoms with E-state index in [2.05, 4.69) is 5.32 Å². The van der Waals surface area contributed by atoms with Crippen LogP contribution in [0.5, 0.6) is 11.5 Å². The zero-order chi connectivity index (χ0) is 36.9. The van der Waals surface area contributed by atoms with Crippen molar-refractivity contribution in [3.8, 4) is 22.6 Å². The molecule has 268 valence electrons. The van der Waals surface area contributed by atoms with Gasteiger partial charge in [-0.25, -0.2) is 13.2 Å². The van der Waals surface area contributed by atoms with Crippen LogP contribution in [0, 0.1) is 25.5 Å². The van der Waals surface area contributed by atoms with E-state index in [0.717, 1.165) is 18.3 Å². The number of nitrogens with one attached hydrogen (secondary N) is 1. The largest absolute Gasteiger partial charge is 0.481 e. The predicted molar refractivity (Wildman–Crippen MR) is 175 cm³/mol. The summed E-state index contributed by atoms with van der Waals surface area (Å²) in [6, 6.07) is 5.83. The van der Waals surface area contributed by atoms with Crippen molar-refractivity contribution in [2.45, 2.75) is 51.1 Å². The Morgan fingerprint density at radius 1 is 1.02 bits per heavy atom. The van der Waals surface area contributed by atoms with Gasteiger partial charge in [-0.15, -0.1) is 0 Å². The number of carbonyl (C=O) groups excluding carboxylic acids is 1. The number of nitrogens with zero attached hydrogens (tertiary/aromatic N) is 2. The van der Waals surface area contributed by atoms with Gasteiger partial charge in [0.1, 0.15) is 35.3 Å². The molecule has 8 nitrogen and oxygen atoms in total. The van der Waals surface area contributed by atoms with Crippen molar-refractivity contribution in [2.75, 3.05) is 19.6 Å². The Morgan fingerprint density at radius 2 is 1.75 bits per heavy atom. The van der Waals surface area contributed by atoms with Gasteiger partial charge in [-0.05, 0) is 78.9 Å². The van der Waals surface area contributed by atoms with E-state index in [9.17, 15) is 37.1 Å². The zero-order valence-corrected chi connectivity index (χ0v) is 27.8. The number of pyridine rings is 1. The summed E-state index contributed by atoms with van der Waals surface area (Å²) < 4.78 is 94.5. The number of carboxylic acids is 1. The first-order valence-corrected chi connectivity index (χ1v) is 16.2. The van der Waals surface area contributed by atoms with E-state index in [1.165, 1.54) is 31.2 Å². The van der Waals surface area contributed by atoms with Crippen molar-refractivity contribution in [1.82, 2.24) is 14.8 Å². The molecule has 0 aliphatic carbocycles. The fourth-order valence-electron chi connectivity index (χ4n) is 6.59. The van der Waals surface area contributed by atoms with Gasteiger partial charge in [0, 0.05) is 59.7 Å². The minimum absolute atomic E-state index is 0.00665. The van der Waals surface area contributed by atoms with Gasteiger partial charge in [0.05, 0.1) is 18.0 Å². The summed E-state index contributed by atoms with van der Waals surface area (Å²) >= 11 is 6.37. The lowest BCUT2D eigenvalue weighted by Crippen LogP contribution is -2.49. The number of halogens is 7. The summed E-state index contributed by atoms with van der Waals surface area (Å²) in [5, 5.41) is 12.5. The second-order valence-electron chi connectivity index (χ2n) is 12.7. The molecule has 1 fully saturated rings. The number of hydrogen-bond donors (Lipinski definition) is 2. The van der Waals surface area contributed by atoms with Gasteiger partial charge >= 0.3 is 12.1 Å². The van der Waals surface area contributed by atoms with Crippen molar-refractivity contribution in [3.05, 3.63) is 115 Å². The molecule has 0 spiro atoms. The number of carbonyl (C=O) groups is 2. The highest BCUT2D eigenvalue weighted by molar-refractivity contribution is 6.31. The Kier molecular flexibility index (Phi) is 9.68. The Balaban J connectivity index is 1.59. The summed E-state index contributed by atoms with van der Waals surface area (Å²) in [7, 11) is 0. The molecule has 2 atom stereocenters. The Morgan fingerprint density at radius 3 is 2.41 bits per heavy atom. The molecule has 2 aliphatic heterocycles. The standard InChI is InChI=1S/C36H30ClF6N3O5/c1-17-8-21(37)10-29-32(17)20-7-18(2)33(40)25(9-20)28(13-31(48)49)44-35(50)34(24-11-23(51-29)3-4-27(24)39)46-14-19(5-6-45-15-22(38)16-45)26(12-30(46)47)36(41,42)43/h3-4,7-12,14,22,28,34H,5-6,13,15-16H2,1-2H3,(H,44,50)(H,48,49)/t28-,34+/m0/s1. The van der Waals surface area contributed by atoms with E-state index >= 15 is 8.78 Å². The quantitative estimate of drug-likeness (QED) is 0.202. The molecule has 51 heavy (non-hydrogen) atoms. The number of fused-ring (bicyclic) bond motifs is 6. The molecule has 2 aliphatic rings. The lowest BCUT2D eigenvalue weighted by molar-refractivity contribution is -0.139. The highest BCUT2D eigenvalue weighted by Crippen LogP contribution is 2.42. The summed E-state index contributed by atoms with van der Waals surface area (Å²) in [6.07, 6.45) is -6.48. The van der Waals surface area contributed by atoms with E-state index in [-0.39, 0.29) is 53.7 Å². The Hall–Kier alpha value is -4.82. The third kappa shape index (κ3) is 7.33. The molecule has 0 radical (unpaired) electrons. The van der Waals surface area contributed by atoms with Crippen molar-refractivity contribution in [2.24, 2.45) is 0 Å². The first-order valence-electron chi connectivity index (χ1n) is 15.8. The van der Waals surface area contributed by atoms with Crippen LogP contribution in [0.3, 0.4) is 0 Å². The number of alkyl halides is 4. The van der Waals surface area contributed by atoms with Gasteiger partial charge in [-0.3, -0.25) is 23.9 Å². The number of hydrogen-bond acceptors (Lipinski definition) is 5. The van der Waals surface area contributed by atoms with E-state index < -0.39 is 76.6 Å². The van der Waals surface area contributed by atoms with E-state index in [4.69, 9.17) is 16.3 Å². The van der Waals surface area contributed by atoms with Crippen molar-refractivity contribution >= 4 is 23.5 Å². The molecule has 4 bridgehead atoms. The molecule has 4 aromatic rings. The zero-order valence-electron chi connectivity index (χ0n) is 27.1. The van der Waals surface area contributed by atoms with Gasteiger partial charge in [-0.2, -0.15) is 13.2 Å². The second-order valence-corrected chi connectivity index (χ2v) is 13.1. The number of rotatable bonds is 6. The van der Waals surface area contributed by atoms with E-state index in [1.54, 1.807) is 17.9 Å². The number of aromatic nitrogens is 1. The van der Waals surface area contributed by atoms with Crippen molar-refractivity contribution in [1.29, 1.82) is 0 Å². The smallest absolute Gasteiger partial charge is 0.416 e. The van der Waals surface area contributed by atoms with Crippen LogP contribution >= 0.6 is 11.6 Å². The summed E-state index contributed by atoms with van der Waals surface area (Å²) in [4.78, 5) is 41.5. The normalized spacial score (nSPS) is 18.0. The average Bonchev–Trinajstić information content (AvgIpc) is 3.01. The number of aliphatic carboxylic acids is 1. The van der Waals surface area contributed by atoms with Crippen LogP contribution in [0.4, 0.5) is 26.3 Å². The monoisotopic (exact) mass is 733 g/mol. The number of carboxylic acid groups (broad SMARTS) is 1. The molecule has 1 amide bonds. The summed E-state index contributed by atoms with van der Waals surface area (Å²) in [5.41, 5.74) is -2.36. The molecule has 0 saturated carbocycles. The first kappa shape index (κ1) is 36.0. The highest BCUT2D eigenvalue weighted by atomic mass is 35.5. The fraction of sp³-hybridized carbons (Fsp3) is 0.306. The van der Waals surface area contributed by atoms with E-state index in [0.29, 0.717) is 27.3 Å². The molecule has 3 heterocycles. The first-order chi connectivity index (χ1) is 24.0. The third-order valence-corrected chi connectivity index (χ3v) is 9.22. The number of aryl methyl sites for hydroxylation is 2. The van der Waals surface area contributed by atoms with Gasteiger partial charge in [0.2, 0.25) is 5.91 Å². The van der Waals surface area contributed by atoms with Crippen LogP contribution in [0.25, 0.3) is 11.1 Å². The van der Waals surface area contributed by atoms with Crippen LogP contribution in [0.15, 0.2) is 59.5 Å². The lowest BCUT2D eigenvalue weighted by atomic mass is 9.92. The molecule has 2 N–H and O–H groups in total. The highest BCUT2D eigenvalue weighted by Gasteiger charge is 2.38. The maximum Gasteiger partial charge on any atom is 0.416 e. The van der Waals surface area contributed by atoms with Crippen molar-refractivity contribution in [3.63, 3.8) is 0 Å². The molecule has 1 aromatic heterocycles. The molecule has 15 heteroatoms. The maximum absolute atomic E-state index is 15.9. The summed E-state index contributed by atoms with van der Waals surface area (Å²) in [6.45, 7) is 3.16. The second kappa shape index (κ2) is 13.7. The third-order valence-electron chi connectivity index (χ3n) is 9.00. The minimum Gasteiger partial charge on any atom is -0.481 e. The number of ether oxygens (including phenoxy) is 1. The Labute approximate surface area is 292 Å². The lowest BCUT2D eigenvalue weighted by Gasteiger charge is -2.34. The summed E-state index contributed by atoms with van der Waals surface area (Å²) in [5.74, 6) is -4.49. The number of likely N-dealkylation sites (tertiary alicyclic amines) is 1. The fourth-order valence-corrected chi connectivity index (χ4v) is 6.85. The van der Waals surface area contributed by atoms with Crippen LogP contribution in [0.1, 0.15) is 51.9 Å². The molecule has 0 unspecified atom stereocenters. The molecule has 1 saturated heterocycles. The van der Waals surface area contributed by atoms with Crippen molar-refractivity contribution < 1.29 is 45.8 Å². The Bertz CT molecular complexity index is 2110. The van der Waals surface area contributed by atoms with Crippen LogP contribution < -0.4 is 15.6 Å². The van der Waals surface area contributed by atoms with Gasteiger partial charge in [-0.1, -0.05) is 11.6 Å². The van der Waals surface area contributed by atoms with Crippen LogP contribution in [-0.4, -0.2) is 52.3 Å². The number of amides is 1. The topological polar surface area (TPSA) is 101 Å². The number of benzene rings is 3. The maximum atomic E-state index is 15.9. The predicted octanol–water partition coefficient (Wildman–Crippen LogP) is 7.31. The van der Waals surface area contributed by atoms with E-state index in [1.807, 2.05) is 0 Å². The molecular formula is C36H30ClF6N3O5.